The van der Waals surface area contributed by atoms with E-state index in [1.54, 1.807) is 0 Å². The summed E-state index contributed by atoms with van der Waals surface area (Å²) in [4.78, 5) is 12.2. The van der Waals surface area contributed by atoms with Crippen molar-refractivity contribution < 1.29 is 4.79 Å². The molecule has 17 heavy (non-hydrogen) atoms. The van der Waals surface area contributed by atoms with Gasteiger partial charge in [0.2, 0.25) is 5.91 Å². The van der Waals surface area contributed by atoms with E-state index in [0.29, 0.717) is 5.92 Å². The van der Waals surface area contributed by atoms with Crippen LogP contribution in [0.4, 0.5) is 0 Å². The molecule has 0 aromatic rings. The summed E-state index contributed by atoms with van der Waals surface area (Å²) in [5, 5.41) is 3.18. The molecule has 3 unspecified atom stereocenters. The van der Waals surface area contributed by atoms with E-state index < -0.39 is 0 Å². The summed E-state index contributed by atoms with van der Waals surface area (Å²) in [6, 6.07) is 0.280. The van der Waals surface area contributed by atoms with Crippen LogP contribution in [0.2, 0.25) is 0 Å². The number of carbonyl (C=O) groups excluding carboxylic acids is 1. The van der Waals surface area contributed by atoms with Crippen molar-refractivity contribution in [1.29, 1.82) is 0 Å². The lowest BCUT2D eigenvalue weighted by atomic mass is 9.78. The SMILES string of the molecule is CCCC(C)(C)NC(=O)C1CCC(N)C(C)C1. The Hall–Kier alpha value is -0.570. The van der Waals surface area contributed by atoms with Crippen molar-refractivity contribution in [2.24, 2.45) is 17.6 Å². The quantitative estimate of drug-likeness (QED) is 0.793. The van der Waals surface area contributed by atoms with Crippen LogP contribution in [0.15, 0.2) is 0 Å². The lowest BCUT2D eigenvalue weighted by Gasteiger charge is -2.34. The van der Waals surface area contributed by atoms with E-state index in [4.69, 9.17) is 5.73 Å². The molecule has 0 aromatic carbocycles. The Bertz CT molecular complexity index is 263. The highest BCUT2D eigenvalue weighted by atomic mass is 16.2. The van der Waals surface area contributed by atoms with E-state index in [9.17, 15) is 4.79 Å². The number of amides is 1. The van der Waals surface area contributed by atoms with Crippen LogP contribution >= 0.6 is 0 Å². The first kappa shape index (κ1) is 14.5. The van der Waals surface area contributed by atoms with Crippen molar-refractivity contribution in [1.82, 2.24) is 5.32 Å². The summed E-state index contributed by atoms with van der Waals surface area (Å²) in [6.45, 7) is 8.51. The van der Waals surface area contributed by atoms with E-state index in [1.165, 1.54) is 0 Å². The van der Waals surface area contributed by atoms with E-state index in [0.717, 1.165) is 32.1 Å². The van der Waals surface area contributed by atoms with Crippen LogP contribution in [0.1, 0.15) is 59.8 Å². The first-order valence-corrected chi connectivity index (χ1v) is 6.93. The van der Waals surface area contributed by atoms with Gasteiger partial charge in [-0.1, -0.05) is 20.3 Å². The molecule has 1 aliphatic carbocycles. The minimum atomic E-state index is -0.0748. The number of hydrogen-bond donors (Lipinski definition) is 2. The monoisotopic (exact) mass is 240 g/mol. The Morgan fingerprint density at radius 1 is 1.41 bits per heavy atom. The van der Waals surface area contributed by atoms with Crippen molar-refractivity contribution in [3.63, 3.8) is 0 Å². The van der Waals surface area contributed by atoms with Gasteiger partial charge in [-0.25, -0.2) is 0 Å². The van der Waals surface area contributed by atoms with Gasteiger partial charge in [0.25, 0.3) is 0 Å². The average Bonchev–Trinajstić information content (AvgIpc) is 2.21. The molecule has 0 bridgehead atoms. The molecule has 0 spiro atoms. The molecule has 0 heterocycles. The van der Waals surface area contributed by atoms with Crippen LogP contribution in [0.3, 0.4) is 0 Å². The summed E-state index contributed by atoms with van der Waals surface area (Å²) in [6.07, 6.45) is 4.99. The minimum Gasteiger partial charge on any atom is -0.351 e. The number of nitrogens with two attached hydrogens (primary N) is 1. The summed E-state index contributed by atoms with van der Waals surface area (Å²) in [5.74, 6) is 0.858. The molecular weight excluding hydrogens is 212 g/mol. The van der Waals surface area contributed by atoms with Crippen molar-refractivity contribution >= 4 is 5.91 Å². The standard InChI is InChI=1S/C14H28N2O/c1-5-8-14(3,4)16-13(17)11-6-7-12(15)10(2)9-11/h10-12H,5-9,15H2,1-4H3,(H,16,17). The van der Waals surface area contributed by atoms with Gasteiger partial charge in [-0.15, -0.1) is 0 Å². The summed E-state index contributed by atoms with van der Waals surface area (Å²) < 4.78 is 0. The molecule has 1 saturated carbocycles. The van der Waals surface area contributed by atoms with Crippen LogP contribution in [-0.4, -0.2) is 17.5 Å². The highest BCUT2D eigenvalue weighted by Crippen LogP contribution is 2.28. The molecule has 0 aliphatic heterocycles. The number of carbonyl (C=O) groups is 1. The highest BCUT2D eigenvalue weighted by molar-refractivity contribution is 5.79. The zero-order chi connectivity index (χ0) is 13.1. The first-order valence-electron chi connectivity index (χ1n) is 6.93. The average molecular weight is 240 g/mol. The fraction of sp³-hybridized carbons (Fsp3) is 0.929. The van der Waals surface area contributed by atoms with Gasteiger partial charge in [0.15, 0.2) is 0 Å². The normalized spacial score (nSPS) is 30.1. The zero-order valence-electron chi connectivity index (χ0n) is 11.8. The van der Waals surface area contributed by atoms with Gasteiger partial charge in [-0.2, -0.15) is 0 Å². The largest absolute Gasteiger partial charge is 0.351 e. The lowest BCUT2D eigenvalue weighted by molar-refractivity contribution is -0.128. The number of rotatable bonds is 4. The molecule has 1 amide bonds. The van der Waals surface area contributed by atoms with Crippen LogP contribution in [0, 0.1) is 11.8 Å². The van der Waals surface area contributed by atoms with Crippen LogP contribution in [-0.2, 0) is 4.79 Å². The Kier molecular flexibility index (Phi) is 4.99. The fourth-order valence-corrected chi connectivity index (χ4v) is 2.78. The number of hydrogen-bond acceptors (Lipinski definition) is 2. The predicted octanol–water partition coefficient (Wildman–Crippen LogP) is 2.44. The minimum absolute atomic E-state index is 0.0748. The molecule has 3 atom stereocenters. The predicted molar refractivity (Wildman–Crippen MR) is 71.6 cm³/mol. The van der Waals surface area contributed by atoms with Crippen molar-refractivity contribution in [3.8, 4) is 0 Å². The van der Waals surface area contributed by atoms with Crippen LogP contribution < -0.4 is 11.1 Å². The molecule has 100 valence electrons. The fourth-order valence-electron chi connectivity index (χ4n) is 2.78. The van der Waals surface area contributed by atoms with Gasteiger partial charge >= 0.3 is 0 Å². The Morgan fingerprint density at radius 3 is 2.59 bits per heavy atom. The Labute approximate surface area is 106 Å². The second-order valence-electron chi connectivity index (χ2n) is 6.27. The molecule has 1 aliphatic rings. The van der Waals surface area contributed by atoms with Crippen LogP contribution in [0.5, 0.6) is 0 Å². The van der Waals surface area contributed by atoms with Gasteiger partial charge in [0.05, 0.1) is 0 Å². The van der Waals surface area contributed by atoms with Gasteiger partial charge in [-0.05, 0) is 45.4 Å². The van der Waals surface area contributed by atoms with E-state index >= 15 is 0 Å². The number of nitrogens with one attached hydrogen (secondary N) is 1. The molecule has 3 N–H and O–H groups in total. The van der Waals surface area contributed by atoms with Crippen LogP contribution in [0.25, 0.3) is 0 Å². The third-order valence-electron chi connectivity index (χ3n) is 3.94. The van der Waals surface area contributed by atoms with Gasteiger partial charge < -0.3 is 11.1 Å². The molecule has 0 aromatic heterocycles. The molecule has 3 heteroatoms. The molecule has 0 saturated heterocycles. The molecule has 1 fully saturated rings. The lowest BCUT2D eigenvalue weighted by Crippen LogP contribution is -2.48. The van der Waals surface area contributed by atoms with Gasteiger partial charge in [0, 0.05) is 17.5 Å². The zero-order valence-corrected chi connectivity index (χ0v) is 11.8. The molecular formula is C14H28N2O. The summed E-state index contributed by atoms with van der Waals surface area (Å²) >= 11 is 0. The second kappa shape index (κ2) is 5.85. The van der Waals surface area contributed by atoms with E-state index in [2.05, 4.69) is 33.0 Å². The van der Waals surface area contributed by atoms with Crippen molar-refractivity contribution in [2.45, 2.75) is 71.4 Å². The molecule has 1 rings (SSSR count). The topological polar surface area (TPSA) is 55.1 Å². The van der Waals surface area contributed by atoms with Gasteiger partial charge in [-0.3, -0.25) is 4.79 Å². The molecule has 3 nitrogen and oxygen atoms in total. The van der Waals surface area contributed by atoms with Crippen molar-refractivity contribution in [2.75, 3.05) is 0 Å². The first-order chi connectivity index (χ1) is 7.85. The van der Waals surface area contributed by atoms with E-state index in [1.807, 2.05) is 0 Å². The van der Waals surface area contributed by atoms with Gasteiger partial charge in [0.1, 0.15) is 0 Å². The molecule has 0 radical (unpaired) electrons. The Morgan fingerprint density at radius 2 is 2.06 bits per heavy atom. The summed E-state index contributed by atoms with van der Waals surface area (Å²) in [7, 11) is 0. The van der Waals surface area contributed by atoms with Crippen molar-refractivity contribution in [3.05, 3.63) is 0 Å². The third kappa shape index (κ3) is 4.30. The second-order valence-corrected chi connectivity index (χ2v) is 6.27. The summed E-state index contributed by atoms with van der Waals surface area (Å²) in [5.41, 5.74) is 5.91. The van der Waals surface area contributed by atoms with E-state index in [-0.39, 0.29) is 23.4 Å². The third-order valence-corrected chi connectivity index (χ3v) is 3.94. The Balaban J connectivity index is 2.48. The smallest absolute Gasteiger partial charge is 0.223 e. The maximum absolute atomic E-state index is 12.2. The maximum atomic E-state index is 12.2. The highest BCUT2D eigenvalue weighted by Gasteiger charge is 2.31. The maximum Gasteiger partial charge on any atom is 0.223 e.